The molecule has 1 saturated heterocycles. The summed E-state index contributed by atoms with van der Waals surface area (Å²) in [6.45, 7) is 6.61. The molecule has 3 aromatic rings. The number of anilines is 2. The molecule has 0 aliphatic carbocycles. The van der Waals surface area contributed by atoms with Gasteiger partial charge in [-0.1, -0.05) is 36.4 Å². The van der Waals surface area contributed by atoms with E-state index < -0.39 is 0 Å². The van der Waals surface area contributed by atoms with E-state index in [1.165, 1.54) is 5.56 Å². The molecule has 0 radical (unpaired) electrons. The molecule has 1 aliphatic rings. The van der Waals surface area contributed by atoms with Gasteiger partial charge in [-0.05, 0) is 31.0 Å². The van der Waals surface area contributed by atoms with Gasteiger partial charge in [-0.25, -0.2) is 9.97 Å². The van der Waals surface area contributed by atoms with Crippen LogP contribution in [0.2, 0.25) is 0 Å². The lowest BCUT2D eigenvalue weighted by molar-refractivity contribution is -0.00545. The number of hydrogen-bond donors (Lipinski definition) is 1. The first-order chi connectivity index (χ1) is 14.7. The SMILES string of the molecule is CC1CN(c2ccc(CNc3cncc(SCc4ccccc4)n3)cn2)CC(C)O1. The summed E-state index contributed by atoms with van der Waals surface area (Å²) in [5.41, 5.74) is 2.38. The fraction of sp³-hybridized carbons (Fsp3) is 0.348. The van der Waals surface area contributed by atoms with Gasteiger partial charge in [0.2, 0.25) is 0 Å². The van der Waals surface area contributed by atoms with Crippen LogP contribution in [0, 0.1) is 0 Å². The summed E-state index contributed by atoms with van der Waals surface area (Å²) in [6, 6.07) is 14.6. The number of nitrogens with zero attached hydrogens (tertiary/aromatic N) is 4. The fourth-order valence-electron chi connectivity index (χ4n) is 3.50. The van der Waals surface area contributed by atoms with E-state index in [1.54, 1.807) is 24.2 Å². The number of aromatic nitrogens is 3. The number of morpholine rings is 1. The molecular formula is C23H27N5OS. The molecule has 4 rings (SSSR count). The van der Waals surface area contributed by atoms with Crippen LogP contribution in [-0.4, -0.2) is 40.2 Å². The third kappa shape index (κ3) is 5.70. The van der Waals surface area contributed by atoms with Crippen LogP contribution in [-0.2, 0) is 17.0 Å². The standard InChI is InChI=1S/C23H27N5OS/c1-17-14-28(15-18(2)29-17)22-9-8-20(11-26-22)10-25-21-12-24-13-23(27-21)30-16-19-6-4-3-5-7-19/h3-9,11-13,17-18H,10,14-16H2,1-2H3,(H,25,27). The van der Waals surface area contributed by atoms with Crippen LogP contribution in [0.4, 0.5) is 11.6 Å². The Morgan fingerprint density at radius 1 is 1.00 bits per heavy atom. The molecule has 0 bridgehead atoms. The van der Waals surface area contributed by atoms with Crippen molar-refractivity contribution in [2.45, 2.75) is 43.4 Å². The number of ether oxygens (including phenoxy) is 1. The average Bonchev–Trinajstić information content (AvgIpc) is 2.77. The molecule has 0 amide bonds. The molecule has 30 heavy (non-hydrogen) atoms. The van der Waals surface area contributed by atoms with E-state index in [0.717, 1.165) is 41.1 Å². The second-order valence-corrected chi connectivity index (χ2v) is 8.55. The van der Waals surface area contributed by atoms with Crippen LogP contribution >= 0.6 is 11.8 Å². The first-order valence-electron chi connectivity index (χ1n) is 10.2. The van der Waals surface area contributed by atoms with Crippen molar-refractivity contribution < 1.29 is 4.74 Å². The first-order valence-corrected chi connectivity index (χ1v) is 11.2. The fourth-order valence-corrected chi connectivity index (χ4v) is 4.31. The third-order valence-corrected chi connectivity index (χ3v) is 5.84. The molecule has 2 aromatic heterocycles. The monoisotopic (exact) mass is 421 g/mol. The number of rotatable bonds is 7. The van der Waals surface area contributed by atoms with Crippen molar-refractivity contribution in [1.29, 1.82) is 0 Å². The minimum Gasteiger partial charge on any atom is -0.372 e. The molecule has 156 valence electrons. The number of nitrogens with one attached hydrogen (secondary N) is 1. The zero-order chi connectivity index (χ0) is 20.8. The maximum atomic E-state index is 5.81. The summed E-state index contributed by atoms with van der Waals surface area (Å²) in [6.07, 6.45) is 5.93. The maximum Gasteiger partial charge on any atom is 0.146 e. The molecule has 0 spiro atoms. The van der Waals surface area contributed by atoms with Crippen LogP contribution in [0.15, 0.2) is 66.1 Å². The molecule has 1 aromatic carbocycles. The minimum absolute atomic E-state index is 0.225. The zero-order valence-corrected chi connectivity index (χ0v) is 18.2. The van der Waals surface area contributed by atoms with Crippen LogP contribution in [0.25, 0.3) is 0 Å². The quantitative estimate of drug-likeness (QED) is 0.568. The van der Waals surface area contributed by atoms with Gasteiger partial charge in [-0.15, -0.1) is 11.8 Å². The summed E-state index contributed by atoms with van der Waals surface area (Å²) >= 11 is 1.69. The Morgan fingerprint density at radius 2 is 1.80 bits per heavy atom. The molecule has 7 heteroatoms. The molecule has 0 saturated carbocycles. The van der Waals surface area contributed by atoms with Crippen molar-refractivity contribution in [1.82, 2.24) is 15.0 Å². The Balaban J connectivity index is 1.31. The summed E-state index contributed by atoms with van der Waals surface area (Å²) in [5, 5.41) is 4.26. The second kappa shape index (κ2) is 9.91. The lowest BCUT2D eigenvalue weighted by Crippen LogP contribution is -2.45. The van der Waals surface area contributed by atoms with Crippen LogP contribution in [0.5, 0.6) is 0 Å². The van der Waals surface area contributed by atoms with Gasteiger partial charge in [-0.2, -0.15) is 0 Å². The zero-order valence-electron chi connectivity index (χ0n) is 17.4. The number of benzene rings is 1. The van der Waals surface area contributed by atoms with Gasteiger partial charge in [0.15, 0.2) is 0 Å². The molecule has 1 N–H and O–H groups in total. The van der Waals surface area contributed by atoms with Crippen molar-refractivity contribution >= 4 is 23.4 Å². The summed E-state index contributed by atoms with van der Waals surface area (Å²) < 4.78 is 5.81. The second-order valence-electron chi connectivity index (χ2n) is 7.56. The smallest absolute Gasteiger partial charge is 0.146 e. The highest BCUT2D eigenvalue weighted by Gasteiger charge is 2.22. The van der Waals surface area contributed by atoms with Crippen molar-refractivity contribution in [2.24, 2.45) is 0 Å². The van der Waals surface area contributed by atoms with Gasteiger partial charge in [0.25, 0.3) is 0 Å². The number of thioether (sulfide) groups is 1. The Morgan fingerprint density at radius 3 is 2.53 bits per heavy atom. The summed E-state index contributed by atoms with van der Waals surface area (Å²) in [5.74, 6) is 2.65. The van der Waals surface area contributed by atoms with Gasteiger partial charge in [0.1, 0.15) is 16.7 Å². The van der Waals surface area contributed by atoms with Crippen molar-refractivity contribution in [3.05, 3.63) is 72.2 Å². The lowest BCUT2D eigenvalue weighted by Gasteiger charge is -2.36. The number of hydrogen-bond acceptors (Lipinski definition) is 7. The van der Waals surface area contributed by atoms with Crippen LogP contribution in [0.3, 0.4) is 0 Å². The lowest BCUT2D eigenvalue weighted by atomic mass is 10.2. The van der Waals surface area contributed by atoms with E-state index >= 15 is 0 Å². The van der Waals surface area contributed by atoms with Gasteiger partial charge < -0.3 is 15.0 Å². The number of pyridine rings is 1. The minimum atomic E-state index is 0.225. The Labute approximate surface area is 182 Å². The van der Waals surface area contributed by atoms with Crippen molar-refractivity contribution in [2.75, 3.05) is 23.3 Å². The van der Waals surface area contributed by atoms with Crippen LogP contribution < -0.4 is 10.2 Å². The van der Waals surface area contributed by atoms with Gasteiger partial charge in [-0.3, -0.25) is 4.98 Å². The first kappa shape index (κ1) is 20.6. The largest absolute Gasteiger partial charge is 0.372 e. The van der Waals surface area contributed by atoms with E-state index in [0.29, 0.717) is 6.54 Å². The van der Waals surface area contributed by atoms with Crippen LogP contribution in [0.1, 0.15) is 25.0 Å². The Bertz CT molecular complexity index is 928. The highest BCUT2D eigenvalue weighted by molar-refractivity contribution is 7.98. The normalized spacial score (nSPS) is 18.9. The average molecular weight is 422 g/mol. The van der Waals surface area contributed by atoms with Crippen molar-refractivity contribution in [3.8, 4) is 0 Å². The molecule has 6 nitrogen and oxygen atoms in total. The summed E-state index contributed by atoms with van der Waals surface area (Å²) in [4.78, 5) is 15.9. The van der Waals surface area contributed by atoms with Gasteiger partial charge >= 0.3 is 0 Å². The van der Waals surface area contributed by atoms with E-state index in [4.69, 9.17) is 4.74 Å². The molecule has 1 fully saturated rings. The summed E-state index contributed by atoms with van der Waals surface area (Å²) in [7, 11) is 0. The highest BCUT2D eigenvalue weighted by Crippen LogP contribution is 2.22. The Kier molecular flexibility index (Phi) is 6.81. The molecule has 3 heterocycles. The van der Waals surface area contributed by atoms with Gasteiger partial charge in [0, 0.05) is 31.6 Å². The molecule has 2 atom stereocenters. The van der Waals surface area contributed by atoms with Crippen molar-refractivity contribution in [3.63, 3.8) is 0 Å². The molecule has 2 unspecified atom stereocenters. The van der Waals surface area contributed by atoms with E-state index in [-0.39, 0.29) is 12.2 Å². The predicted octanol–water partition coefficient (Wildman–Crippen LogP) is 4.39. The predicted molar refractivity (Wildman–Crippen MR) is 122 cm³/mol. The maximum absolute atomic E-state index is 5.81. The third-order valence-electron chi connectivity index (χ3n) is 4.87. The topological polar surface area (TPSA) is 63.2 Å². The molecular weight excluding hydrogens is 394 g/mol. The van der Waals surface area contributed by atoms with E-state index in [9.17, 15) is 0 Å². The van der Waals surface area contributed by atoms with E-state index in [2.05, 4.69) is 75.4 Å². The highest BCUT2D eigenvalue weighted by atomic mass is 32.2. The Hall–Kier alpha value is -2.64. The van der Waals surface area contributed by atoms with Gasteiger partial charge in [0.05, 0.1) is 24.6 Å². The van der Waals surface area contributed by atoms with E-state index in [1.807, 2.05) is 12.3 Å². The molecule has 1 aliphatic heterocycles.